The Balaban J connectivity index is 1.74. The van der Waals surface area contributed by atoms with E-state index in [-0.39, 0.29) is 30.5 Å². The summed E-state index contributed by atoms with van der Waals surface area (Å²) in [6.07, 6.45) is -4.67. The first kappa shape index (κ1) is 27.1. The maximum atomic E-state index is 13.1. The summed E-state index contributed by atoms with van der Waals surface area (Å²) in [4.78, 5) is 57.5. The van der Waals surface area contributed by atoms with E-state index in [0.29, 0.717) is 24.0 Å². The Labute approximate surface area is 204 Å². The molecule has 10 nitrogen and oxygen atoms in total. The van der Waals surface area contributed by atoms with Crippen LogP contribution in [0.4, 0.5) is 13.2 Å². The number of aromatic nitrogens is 2. The summed E-state index contributed by atoms with van der Waals surface area (Å²) in [6.45, 7) is 2.68. The van der Waals surface area contributed by atoms with Crippen molar-refractivity contribution in [1.29, 1.82) is 0 Å². The van der Waals surface area contributed by atoms with Gasteiger partial charge >= 0.3 is 6.36 Å². The summed E-state index contributed by atoms with van der Waals surface area (Å²) < 4.78 is 41.1. The molecule has 1 aliphatic heterocycles. The fourth-order valence-corrected chi connectivity index (χ4v) is 3.94. The van der Waals surface area contributed by atoms with E-state index >= 15 is 0 Å². The molecular formula is C23H28F3N5O5. The van der Waals surface area contributed by atoms with Gasteiger partial charge < -0.3 is 20.9 Å². The minimum Gasteiger partial charge on any atom is -0.356 e. The number of para-hydroxylation sites is 2. The summed E-state index contributed by atoms with van der Waals surface area (Å²) in [7, 11) is 0. The molecule has 0 bridgehead atoms. The highest BCUT2D eigenvalue weighted by Crippen LogP contribution is 2.20. The number of amides is 3. The number of hydrogen-bond acceptors (Lipinski definition) is 6. The lowest BCUT2D eigenvalue weighted by Gasteiger charge is -2.25. The van der Waals surface area contributed by atoms with Gasteiger partial charge in [0.1, 0.15) is 12.6 Å². The lowest BCUT2D eigenvalue weighted by atomic mass is 9.95. The summed E-state index contributed by atoms with van der Waals surface area (Å²) >= 11 is 0. The average molecular weight is 512 g/mol. The molecule has 3 atom stereocenters. The summed E-state index contributed by atoms with van der Waals surface area (Å²) in [5.74, 6) is -3.55. The van der Waals surface area contributed by atoms with Crippen molar-refractivity contribution >= 4 is 34.5 Å². The SMILES string of the molecule is CC(C)C[C@H](NC(=O)c1nc2ccccc2[nH]1)C(=O)N[C@@H](C[C@@H]1CCNC1=O)C(=O)COC(F)(F)F. The maximum Gasteiger partial charge on any atom is 0.522 e. The normalized spacial score (nSPS) is 17.6. The van der Waals surface area contributed by atoms with Gasteiger partial charge in [-0.05, 0) is 37.3 Å². The Morgan fingerprint density at radius 3 is 2.50 bits per heavy atom. The molecule has 3 rings (SSSR count). The van der Waals surface area contributed by atoms with Gasteiger partial charge in [-0.15, -0.1) is 13.2 Å². The third kappa shape index (κ3) is 7.51. The van der Waals surface area contributed by atoms with E-state index in [2.05, 4.69) is 30.7 Å². The van der Waals surface area contributed by atoms with Crippen LogP contribution in [0, 0.1) is 11.8 Å². The molecule has 1 fully saturated rings. The van der Waals surface area contributed by atoms with Crippen LogP contribution in [0.5, 0.6) is 0 Å². The number of benzene rings is 1. The van der Waals surface area contributed by atoms with Crippen LogP contribution in [-0.4, -0.2) is 65.1 Å². The van der Waals surface area contributed by atoms with Crippen molar-refractivity contribution in [3.8, 4) is 0 Å². The smallest absolute Gasteiger partial charge is 0.356 e. The zero-order valence-electron chi connectivity index (χ0n) is 19.8. The van der Waals surface area contributed by atoms with E-state index in [0.717, 1.165) is 0 Å². The lowest BCUT2D eigenvalue weighted by Crippen LogP contribution is -2.53. The van der Waals surface area contributed by atoms with Gasteiger partial charge in [0.15, 0.2) is 11.6 Å². The van der Waals surface area contributed by atoms with E-state index in [1.54, 1.807) is 24.3 Å². The second-order valence-corrected chi connectivity index (χ2v) is 9.03. The molecule has 0 spiro atoms. The van der Waals surface area contributed by atoms with Crippen molar-refractivity contribution in [3.05, 3.63) is 30.1 Å². The number of rotatable bonds is 11. The van der Waals surface area contributed by atoms with Crippen LogP contribution >= 0.6 is 0 Å². The molecule has 1 aliphatic rings. The van der Waals surface area contributed by atoms with Crippen LogP contribution in [0.1, 0.15) is 43.7 Å². The Bertz CT molecular complexity index is 1080. The zero-order chi connectivity index (χ0) is 26.5. The predicted octanol–water partition coefficient (Wildman–Crippen LogP) is 1.82. The van der Waals surface area contributed by atoms with Crippen LogP contribution in [0.2, 0.25) is 0 Å². The fourth-order valence-electron chi connectivity index (χ4n) is 3.94. The Morgan fingerprint density at radius 2 is 1.89 bits per heavy atom. The molecule has 0 saturated carbocycles. The molecule has 1 saturated heterocycles. The monoisotopic (exact) mass is 511 g/mol. The van der Waals surface area contributed by atoms with Crippen LogP contribution in [0.25, 0.3) is 11.0 Å². The number of carbonyl (C=O) groups is 4. The highest BCUT2D eigenvalue weighted by molar-refractivity contribution is 5.98. The third-order valence-electron chi connectivity index (χ3n) is 5.70. The molecule has 4 N–H and O–H groups in total. The van der Waals surface area contributed by atoms with Gasteiger partial charge in [-0.2, -0.15) is 0 Å². The number of carbonyl (C=O) groups excluding carboxylic acids is 4. The number of Topliss-reactive ketones (excluding diaryl/α,β-unsaturated/α-hetero) is 1. The second kappa shape index (κ2) is 11.5. The first-order valence-corrected chi connectivity index (χ1v) is 11.5. The van der Waals surface area contributed by atoms with Crippen molar-refractivity contribution in [1.82, 2.24) is 25.9 Å². The molecule has 0 unspecified atom stereocenters. The predicted molar refractivity (Wildman–Crippen MR) is 121 cm³/mol. The minimum absolute atomic E-state index is 0.0217. The van der Waals surface area contributed by atoms with E-state index in [1.807, 2.05) is 13.8 Å². The van der Waals surface area contributed by atoms with Crippen molar-refractivity contribution in [2.75, 3.05) is 13.2 Å². The van der Waals surface area contributed by atoms with E-state index < -0.39 is 48.6 Å². The van der Waals surface area contributed by atoms with Crippen LogP contribution in [-0.2, 0) is 19.1 Å². The standard InChI is InChI=1S/C23H28F3N5O5/c1-12(2)9-17(31-22(35)19-28-14-5-3-4-6-15(14)29-19)21(34)30-16(10-13-7-8-27-20(13)33)18(32)11-36-23(24,25)26/h3-6,12-13,16-17H,7-11H2,1-2H3,(H,27,33)(H,28,29)(H,30,34)(H,31,35)/t13-,16-,17-/m0/s1. The molecule has 1 aromatic heterocycles. The second-order valence-electron chi connectivity index (χ2n) is 9.03. The average Bonchev–Trinajstić information content (AvgIpc) is 3.41. The first-order chi connectivity index (χ1) is 16.9. The number of aromatic amines is 1. The van der Waals surface area contributed by atoms with Crippen molar-refractivity contribution in [3.63, 3.8) is 0 Å². The number of ketones is 1. The fraction of sp³-hybridized carbons (Fsp3) is 0.522. The number of imidazole rings is 1. The third-order valence-corrected chi connectivity index (χ3v) is 5.70. The van der Waals surface area contributed by atoms with E-state index in [1.165, 1.54) is 0 Å². The van der Waals surface area contributed by atoms with Crippen LogP contribution in [0.15, 0.2) is 24.3 Å². The molecule has 13 heteroatoms. The molecular weight excluding hydrogens is 483 g/mol. The Hall–Kier alpha value is -3.48. The highest BCUT2D eigenvalue weighted by atomic mass is 19.4. The molecule has 2 aromatic rings. The van der Waals surface area contributed by atoms with Crippen LogP contribution in [0.3, 0.4) is 0 Å². The molecule has 3 amide bonds. The summed E-state index contributed by atoms with van der Waals surface area (Å²) in [6, 6.07) is 4.44. The number of hydrogen-bond donors (Lipinski definition) is 4. The summed E-state index contributed by atoms with van der Waals surface area (Å²) in [5, 5.41) is 7.60. The van der Waals surface area contributed by atoms with Gasteiger partial charge in [0, 0.05) is 12.5 Å². The van der Waals surface area contributed by atoms with Gasteiger partial charge in [-0.25, -0.2) is 4.98 Å². The number of fused-ring (bicyclic) bond motifs is 1. The van der Waals surface area contributed by atoms with Gasteiger partial charge in [0.2, 0.25) is 11.8 Å². The highest BCUT2D eigenvalue weighted by Gasteiger charge is 2.36. The van der Waals surface area contributed by atoms with E-state index in [4.69, 9.17) is 0 Å². The van der Waals surface area contributed by atoms with E-state index in [9.17, 15) is 32.3 Å². The summed E-state index contributed by atoms with van der Waals surface area (Å²) in [5.41, 5.74) is 1.18. The zero-order valence-corrected chi connectivity index (χ0v) is 19.8. The van der Waals surface area contributed by atoms with Crippen LogP contribution < -0.4 is 16.0 Å². The minimum atomic E-state index is -5.03. The van der Waals surface area contributed by atoms with Gasteiger partial charge in [0.05, 0.1) is 17.1 Å². The number of nitrogens with zero attached hydrogens (tertiary/aromatic N) is 1. The first-order valence-electron chi connectivity index (χ1n) is 11.5. The molecule has 0 radical (unpaired) electrons. The molecule has 0 aliphatic carbocycles. The molecule has 196 valence electrons. The number of halogens is 3. The Kier molecular flexibility index (Phi) is 8.66. The van der Waals surface area contributed by atoms with Crippen molar-refractivity contribution in [2.45, 2.75) is 51.6 Å². The number of ether oxygens (including phenoxy) is 1. The quantitative estimate of drug-likeness (QED) is 0.363. The lowest BCUT2D eigenvalue weighted by molar-refractivity contribution is -0.321. The Morgan fingerprint density at radius 1 is 1.17 bits per heavy atom. The van der Waals surface area contributed by atoms with Gasteiger partial charge in [-0.1, -0.05) is 26.0 Å². The van der Waals surface area contributed by atoms with Gasteiger partial charge in [-0.3, -0.25) is 23.9 Å². The number of H-pyrrole nitrogens is 1. The largest absolute Gasteiger partial charge is 0.522 e. The maximum absolute atomic E-state index is 13.1. The molecule has 1 aromatic carbocycles. The number of alkyl halides is 3. The van der Waals surface area contributed by atoms with Crippen molar-refractivity contribution < 1.29 is 37.1 Å². The van der Waals surface area contributed by atoms with Crippen molar-refractivity contribution in [2.24, 2.45) is 11.8 Å². The topological polar surface area (TPSA) is 142 Å². The number of nitrogens with one attached hydrogen (secondary N) is 4. The molecule has 36 heavy (non-hydrogen) atoms. The molecule has 2 heterocycles. The van der Waals surface area contributed by atoms with Gasteiger partial charge in [0.25, 0.3) is 5.91 Å².